The first-order valence-corrected chi connectivity index (χ1v) is 7.59. The first kappa shape index (κ1) is 18.9. The third-order valence-electron chi connectivity index (χ3n) is 2.63. The van der Waals surface area contributed by atoms with Crippen LogP contribution >= 0.6 is 0 Å². The average molecular weight is 319 g/mol. The van der Waals surface area contributed by atoms with Gasteiger partial charge in [-0.25, -0.2) is 4.79 Å². The maximum atomic E-state index is 11.7. The molecule has 0 aliphatic carbocycles. The number of aliphatic hydroxyl groups excluding tert-OH is 1. The average Bonchev–Trinajstić information content (AvgIpc) is 2.44. The molecule has 0 spiro atoms. The van der Waals surface area contributed by atoms with Crippen molar-refractivity contribution in [3.63, 3.8) is 0 Å². The summed E-state index contributed by atoms with van der Waals surface area (Å²) in [5.41, 5.74) is 0.156. The molecule has 0 saturated carbocycles. The summed E-state index contributed by atoms with van der Waals surface area (Å²) < 4.78 is 10.8. The number of hydrogen-bond donors (Lipinski definition) is 2. The zero-order valence-corrected chi connectivity index (χ0v) is 14.3. The molecule has 5 heteroatoms. The molecule has 0 unspecified atom stereocenters. The van der Waals surface area contributed by atoms with Crippen molar-refractivity contribution in [3.05, 3.63) is 29.8 Å². The van der Waals surface area contributed by atoms with E-state index < -0.39 is 11.7 Å². The van der Waals surface area contributed by atoms with E-state index in [0.717, 1.165) is 0 Å². The molecule has 1 aromatic carbocycles. The third-order valence-corrected chi connectivity index (χ3v) is 2.63. The van der Waals surface area contributed by atoms with Crippen molar-refractivity contribution in [2.45, 2.75) is 52.4 Å². The number of carbonyl (C=O) groups is 1. The quantitative estimate of drug-likeness (QED) is 0.837. The highest BCUT2D eigenvalue weighted by atomic mass is 16.6. The fraction of sp³-hybridized carbons (Fsp3) is 0.500. The second-order valence-electron chi connectivity index (χ2n) is 6.24. The van der Waals surface area contributed by atoms with Gasteiger partial charge in [-0.3, -0.25) is 0 Å². The van der Waals surface area contributed by atoms with E-state index in [1.54, 1.807) is 40.7 Å². The molecule has 5 nitrogen and oxygen atoms in total. The number of alkyl carbamates (subject to hydrolysis) is 1. The predicted molar refractivity (Wildman–Crippen MR) is 89.3 cm³/mol. The van der Waals surface area contributed by atoms with Crippen molar-refractivity contribution in [1.82, 2.24) is 5.32 Å². The highest BCUT2D eigenvalue weighted by Gasteiger charge is 2.16. The van der Waals surface area contributed by atoms with Gasteiger partial charge >= 0.3 is 6.09 Å². The van der Waals surface area contributed by atoms with Crippen molar-refractivity contribution in [2.24, 2.45) is 0 Å². The van der Waals surface area contributed by atoms with Crippen LogP contribution in [0, 0.1) is 11.8 Å². The highest BCUT2D eigenvalue weighted by molar-refractivity contribution is 5.68. The summed E-state index contributed by atoms with van der Waals surface area (Å²) in [7, 11) is 0. The molecule has 2 N–H and O–H groups in total. The Kier molecular flexibility index (Phi) is 6.92. The minimum absolute atomic E-state index is 0.0711. The van der Waals surface area contributed by atoms with E-state index in [1.165, 1.54) is 0 Å². The van der Waals surface area contributed by atoms with Gasteiger partial charge in [-0.15, -0.1) is 0 Å². The Labute approximate surface area is 138 Å². The number of rotatable bonds is 4. The number of hydrogen-bond acceptors (Lipinski definition) is 4. The number of para-hydroxylation sites is 1. The molecule has 126 valence electrons. The van der Waals surface area contributed by atoms with Crippen LogP contribution in [0.1, 0.15) is 40.2 Å². The topological polar surface area (TPSA) is 67.8 Å². The Morgan fingerprint density at radius 3 is 2.57 bits per heavy atom. The van der Waals surface area contributed by atoms with Crippen molar-refractivity contribution in [1.29, 1.82) is 0 Å². The number of amides is 1. The molecular weight excluding hydrogens is 294 g/mol. The zero-order chi connectivity index (χ0) is 17.5. The zero-order valence-electron chi connectivity index (χ0n) is 14.3. The smallest absolute Gasteiger partial charge is 0.408 e. The van der Waals surface area contributed by atoms with Crippen molar-refractivity contribution in [3.8, 4) is 17.6 Å². The van der Waals surface area contributed by atoms with Gasteiger partial charge in [0.2, 0.25) is 0 Å². The van der Waals surface area contributed by atoms with Crippen LogP contribution in [-0.2, 0) is 4.74 Å². The van der Waals surface area contributed by atoms with E-state index in [4.69, 9.17) is 14.6 Å². The largest absolute Gasteiger partial charge is 0.487 e. The van der Waals surface area contributed by atoms with Crippen LogP contribution in [0.5, 0.6) is 5.75 Å². The number of ether oxygens (including phenoxy) is 2. The number of nitrogens with one attached hydrogen (secondary N) is 1. The second-order valence-corrected chi connectivity index (χ2v) is 6.24. The summed E-state index contributed by atoms with van der Waals surface area (Å²) in [5.74, 6) is 6.53. The van der Waals surface area contributed by atoms with E-state index >= 15 is 0 Å². The van der Waals surface area contributed by atoms with Crippen LogP contribution < -0.4 is 10.1 Å². The monoisotopic (exact) mass is 319 g/mol. The van der Waals surface area contributed by atoms with Crippen molar-refractivity contribution in [2.75, 3.05) is 6.61 Å². The van der Waals surface area contributed by atoms with Crippen molar-refractivity contribution < 1.29 is 19.4 Å². The molecule has 0 aromatic heterocycles. The Hall–Kier alpha value is -2.19. The molecule has 0 fully saturated rings. The lowest BCUT2D eigenvalue weighted by molar-refractivity contribution is 0.0519. The van der Waals surface area contributed by atoms with E-state index in [-0.39, 0.29) is 18.8 Å². The molecule has 1 amide bonds. The van der Waals surface area contributed by atoms with Crippen LogP contribution in [-0.4, -0.2) is 35.6 Å². The summed E-state index contributed by atoms with van der Waals surface area (Å²) in [5, 5.41) is 11.7. The van der Waals surface area contributed by atoms with Gasteiger partial charge in [0.25, 0.3) is 0 Å². The maximum absolute atomic E-state index is 11.7. The van der Waals surface area contributed by atoms with E-state index in [9.17, 15) is 4.79 Å². The van der Waals surface area contributed by atoms with E-state index in [2.05, 4.69) is 17.2 Å². The number of aliphatic hydroxyl groups is 1. The van der Waals surface area contributed by atoms with E-state index in [1.807, 2.05) is 18.2 Å². The standard InChI is InChI=1S/C18H25NO4/c1-13(19-17(21)23-18(3,4)5)10-11-15-8-6-7-9-16(15)22-14(2)12-20/h6-9,13-14,20H,12H2,1-5H3,(H,19,21)/t13-,14+/m0/s1. The maximum Gasteiger partial charge on any atom is 0.408 e. The molecule has 2 atom stereocenters. The molecule has 0 bridgehead atoms. The normalized spacial score (nSPS) is 13.3. The lowest BCUT2D eigenvalue weighted by Crippen LogP contribution is -2.37. The molecular formula is C18H25NO4. The van der Waals surface area contributed by atoms with Crippen molar-refractivity contribution >= 4 is 6.09 Å². The predicted octanol–water partition coefficient (Wildman–Crippen LogP) is 2.71. The third kappa shape index (κ3) is 7.57. The van der Waals surface area contributed by atoms with Gasteiger partial charge in [-0.2, -0.15) is 0 Å². The summed E-state index contributed by atoms with van der Waals surface area (Å²) in [4.78, 5) is 11.7. The highest BCUT2D eigenvalue weighted by Crippen LogP contribution is 2.18. The summed E-state index contributed by atoms with van der Waals surface area (Å²) in [6.07, 6.45) is -0.812. The van der Waals surface area contributed by atoms with Gasteiger partial charge in [0.1, 0.15) is 17.5 Å². The Balaban J connectivity index is 2.73. The second kappa shape index (κ2) is 8.44. The van der Waals surface area contributed by atoms with Crippen LogP contribution in [0.2, 0.25) is 0 Å². The lowest BCUT2D eigenvalue weighted by atomic mass is 10.2. The first-order valence-electron chi connectivity index (χ1n) is 7.59. The van der Waals surface area contributed by atoms with Crippen LogP contribution in [0.25, 0.3) is 0 Å². The molecule has 0 aliphatic rings. The SMILES string of the molecule is C[C@H](CO)Oc1ccccc1C#C[C@H](C)NC(=O)OC(C)(C)C. The van der Waals surface area contributed by atoms with Gasteiger partial charge < -0.3 is 19.9 Å². The fourth-order valence-corrected chi connectivity index (χ4v) is 1.63. The van der Waals surface area contributed by atoms with Crippen LogP contribution in [0.3, 0.4) is 0 Å². The van der Waals surface area contributed by atoms with Gasteiger partial charge in [0, 0.05) is 0 Å². The molecule has 0 radical (unpaired) electrons. The summed E-state index contributed by atoms with van der Waals surface area (Å²) in [6, 6.07) is 6.95. The summed E-state index contributed by atoms with van der Waals surface area (Å²) >= 11 is 0. The minimum Gasteiger partial charge on any atom is -0.487 e. The van der Waals surface area contributed by atoms with Gasteiger partial charge in [0.05, 0.1) is 18.2 Å². The van der Waals surface area contributed by atoms with E-state index in [0.29, 0.717) is 11.3 Å². The van der Waals surface area contributed by atoms with Crippen LogP contribution in [0.4, 0.5) is 4.79 Å². The van der Waals surface area contributed by atoms with Gasteiger partial charge in [0.15, 0.2) is 0 Å². The van der Waals surface area contributed by atoms with Gasteiger partial charge in [-0.05, 0) is 46.8 Å². The lowest BCUT2D eigenvalue weighted by Gasteiger charge is -2.20. The number of benzene rings is 1. The van der Waals surface area contributed by atoms with Crippen LogP contribution in [0.15, 0.2) is 24.3 Å². The Morgan fingerprint density at radius 1 is 1.30 bits per heavy atom. The molecule has 1 aromatic rings. The van der Waals surface area contributed by atoms with Gasteiger partial charge in [-0.1, -0.05) is 24.0 Å². The molecule has 1 rings (SSSR count). The summed E-state index contributed by atoms with van der Waals surface area (Å²) in [6.45, 7) is 8.89. The molecule has 0 aliphatic heterocycles. The molecule has 0 saturated heterocycles. The minimum atomic E-state index is -0.544. The molecule has 0 heterocycles. The Morgan fingerprint density at radius 2 is 1.96 bits per heavy atom. The Bertz CT molecular complexity index is 581. The fourth-order valence-electron chi connectivity index (χ4n) is 1.63. The molecule has 23 heavy (non-hydrogen) atoms. The number of carbonyl (C=O) groups excluding carboxylic acids is 1. The first-order chi connectivity index (χ1) is 10.7.